The molecule has 1 aliphatic heterocycles. The van der Waals surface area contributed by atoms with E-state index in [1.807, 2.05) is 29.3 Å². The van der Waals surface area contributed by atoms with Crippen molar-refractivity contribution in [3.05, 3.63) is 65.6 Å². The molecule has 1 aliphatic rings. The van der Waals surface area contributed by atoms with Gasteiger partial charge in [-0.1, -0.05) is 17.7 Å². The van der Waals surface area contributed by atoms with E-state index in [0.717, 1.165) is 43.6 Å². The first-order valence-corrected chi connectivity index (χ1v) is 8.69. The average molecular weight is 334 g/mol. The van der Waals surface area contributed by atoms with E-state index in [4.69, 9.17) is 0 Å². The van der Waals surface area contributed by atoms with Crippen LogP contribution in [0.5, 0.6) is 0 Å². The van der Waals surface area contributed by atoms with Gasteiger partial charge in [0.25, 0.3) is 5.91 Å². The summed E-state index contributed by atoms with van der Waals surface area (Å²) in [5.41, 5.74) is 4.12. The van der Waals surface area contributed by atoms with E-state index in [9.17, 15) is 4.79 Å². The molecule has 25 heavy (non-hydrogen) atoms. The number of nitrogens with one attached hydrogen (secondary N) is 1. The number of H-pyrrole nitrogens is 1. The van der Waals surface area contributed by atoms with E-state index in [0.29, 0.717) is 5.69 Å². The van der Waals surface area contributed by atoms with Crippen molar-refractivity contribution >= 4 is 16.8 Å². The maximum absolute atomic E-state index is 12.8. The summed E-state index contributed by atoms with van der Waals surface area (Å²) in [7, 11) is 0. The van der Waals surface area contributed by atoms with Crippen LogP contribution in [0.3, 0.4) is 0 Å². The van der Waals surface area contributed by atoms with Crippen LogP contribution in [0.15, 0.2) is 48.8 Å². The van der Waals surface area contributed by atoms with Gasteiger partial charge in [-0.25, -0.2) is 0 Å². The second-order valence-electron chi connectivity index (χ2n) is 6.70. The molecule has 1 aromatic carbocycles. The van der Waals surface area contributed by atoms with Gasteiger partial charge >= 0.3 is 0 Å². The van der Waals surface area contributed by atoms with Crippen LogP contribution in [-0.2, 0) is 6.54 Å². The summed E-state index contributed by atoms with van der Waals surface area (Å²) in [5.74, 6) is 0.0925. The van der Waals surface area contributed by atoms with Crippen LogP contribution in [0.25, 0.3) is 10.9 Å². The number of aromatic nitrogens is 2. The Morgan fingerprint density at radius 2 is 2.00 bits per heavy atom. The molecular weight excluding hydrogens is 312 g/mol. The molecule has 0 radical (unpaired) electrons. The molecule has 0 saturated carbocycles. The molecule has 3 heterocycles. The molecule has 0 atom stereocenters. The van der Waals surface area contributed by atoms with Crippen molar-refractivity contribution < 1.29 is 4.79 Å². The Bertz CT molecular complexity index is 879. The van der Waals surface area contributed by atoms with Gasteiger partial charge in [-0.15, -0.1) is 0 Å². The van der Waals surface area contributed by atoms with E-state index in [1.54, 1.807) is 6.20 Å². The van der Waals surface area contributed by atoms with Crippen molar-refractivity contribution in [1.82, 2.24) is 19.8 Å². The molecule has 1 fully saturated rings. The Morgan fingerprint density at radius 1 is 1.16 bits per heavy atom. The zero-order valence-electron chi connectivity index (χ0n) is 14.4. The fourth-order valence-electron chi connectivity index (χ4n) is 3.40. The van der Waals surface area contributed by atoms with Gasteiger partial charge in [-0.05, 0) is 36.8 Å². The van der Waals surface area contributed by atoms with Gasteiger partial charge in [0.1, 0.15) is 5.69 Å². The van der Waals surface area contributed by atoms with E-state index in [1.165, 1.54) is 11.1 Å². The highest BCUT2D eigenvalue weighted by atomic mass is 16.2. The van der Waals surface area contributed by atoms with E-state index in [2.05, 4.69) is 40.0 Å². The van der Waals surface area contributed by atoms with Crippen LogP contribution in [0.1, 0.15) is 21.6 Å². The molecule has 2 aromatic heterocycles. The summed E-state index contributed by atoms with van der Waals surface area (Å²) in [6.07, 6.45) is 3.70. The van der Waals surface area contributed by atoms with Crippen molar-refractivity contribution in [2.24, 2.45) is 0 Å². The lowest BCUT2D eigenvalue weighted by Crippen LogP contribution is -2.48. The fourth-order valence-corrected chi connectivity index (χ4v) is 3.40. The Labute approximate surface area is 147 Å². The number of piperazine rings is 1. The summed E-state index contributed by atoms with van der Waals surface area (Å²) in [5, 5.41) is 1.10. The Hall–Kier alpha value is -2.66. The smallest absolute Gasteiger partial charge is 0.270 e. The molecule has 0 bridgehead atoms. The van der Waals surface area contributed by atoms with Crippen molar-refractivity contribution in [3.8, 4) is 0 Å². The van der Waals surface area contributed by atoms with Gasteiger partial charge in [0.15, 0.2) is 0 Å². The van der Waals surface area contributed by atoms with Gasteiger partial charge in [0.2, 0.25) is 0 Å². The maximum atomic E-state index is 12.8. The highest BCUT2D eigenvalue weighted by Gasteiger charge is 2.23. The van der Waals surface area contributed by atoms with Gasteiger partial charge in [-0.2, -0.15) is 0 Å². The zero-order chi connectivity index (χ0) is 17.2. The van der Waals surface area contributed by atoms with Gasteiger partial charge < -0.3 is 9.88 Å². The number of carbonyl (C=O) groups is 1. The molecule has 4 rings (SSSR count). The van der Waals surface area contributed by atoms with Crippen LogP contribution in [0, 0.1) is 6.92 Å². The standard InChI is InChI=1S/C20H22N4O/c1-15-4-5-18-17(11-15)12-19(22-18)20(25)24-9-7-23(8-10-24)14-16-3-2-6-21-13-16/h2-6,11-13,22H,7-10,14H2,1H3. The minimum absolute atomic E-state index is 0.0925. The van der Waals surface area contributed by atoms with E-state index in [-0.39, 0.29) is 5.91 Å². The second kappa shape index (κ2) is 6.69. The number of carbonyl (C=O) groups excluding carboxylic acids is 1. The van der Waals surface area contributed by atoms with Crippen LogP contribution < -0.4 is 0 Å². The SMILES string of the molecule is Cc1ccc2[nH]c(C(=O)N3CCN(Cc4cccnc4)CC3)cc2c1. The number of hydrogen-bond acceptors (Lipinski definition) is 3. The zero-order valence-corrected chi connectivity index (χ0v) is 14.4. The number of nitrogens with zero attached hydrogens (tertiary/aromatic N) is 3. The maximum Gasteiger partial charge on any atom is 0.270 e. The molecule has 1 amide bonds. The Morgan fingerprint density at radius 3 is 2.76 bits per heavy atom. The number of fused-ring (bicyclic) bond motifs is 1. The normalized spacial score (nSPS) is 15.6. The minimum Gasteiger partial charge on any atom is -0.351 e. The third kappa shape index (κ3) is 3.42. The van der Waals surface area contributed by atoms with Crippen LogP contribution in [0.2, 0.25) is 0 Å². The van der Waals surface area contributed by atoms with Crippen molar-refractivity contribution in [3.63, 3.8) is 0 Å². The topological polar surface area (TPSA) is 52.2 Å². The van der Waals surface area contributed by atoms with Gasteiger partial charge in [0, 0.05) is 56.0 Å². The average Bonchev–Trinajstić information content (AvgIpc) is 3.06. The number of hydrogen-bond donors (Lipinski definition) is 1. The quantitative estimate of drug-likeness (QED) is 0.801. The summed E-state index contributed by atoms with van der Waals surface area (Å²) < 4.78 is 0. The number of benzene rings is 1. The molecule has 0 unspecified atom stereocenters. The number of pyridine rings is 1. The molecule has 1 N–H and O–H groups in total. The lowest BCUT2D eigenvalue weighted by Gasteiger charge is -2.34. The molecule has 3 aromatic rings. The molecule has 0 aliphatic carbocycles. The first kappa shape index (κ1) is 15.8. The number of aromatic amines is 1. The Balaban J connectivity index is 1.40. The molecule has 5 nitrogen and oxygen atoms in total. The molecule has 0 spiro atoms. The number of rotatable bonds is 3. The lowest BCUT2D eigenvalue weighted by atomic mass is 10.2. The first-order chi connectivity index (χ1) is 12.2. The molecule has 128 valence electrons. The van der Waals surface area contributed by atoms with Crippen LogP contribution in [-0.4, -0.2) is 51.9 Å². The lowest BCUT2D eigenvalue weighted by molar-refractivity contribution is 0.0623. The molecule has 1 saturated heterocycles. The summed E-state index contributed by atoms with van der Waals surface area (Å²) >= 11 is 0. The Kier molecular flexibility index (Phi) is 4.24. The van der Waals surface area contributed by atoms with Crippen molar-refractivity contribution in [2.45, 2.75) is 13.5 Å². The highest BCUT2D eigenvalue weighted by Crippen LogP contribution is 2.19. The minimum atomic E-state index is 0.0925. The van der Waals surface area contributed by atoms with Crippen LogP contribution in [0.4, 0.5) is 0 Å². The van der Waals surface area contributed by atoms with Crippen molar-refractivity contribution in [2.75, 3.05) is 26.2 Å². The largest absolute Gasteiger partial charge is 0.351 e. The monoisotopic (exact) mass is 334 g/mol. The molecular formula is C20H22N4O. The molecule has 5 heteroatoms. The van der Waals surface area contributed by atoms with Gasteiger partial charge in [0.05, 0.1) is 0 Å². The van der Waals surface area contributed by atoms with E-state index < -0.39 is 0 Å². The fraction of sp³-hybridized carbons (Fsp3) is 0.300. The summed E-state index contributed by atoms with van der Waals surface area (Å²) in [4.78, 5) is 24.5. The predicted octanol–water partition coefficient (Wildman–Crippen LogP) is 2.83. The van der Waals surface area contributed by atoms with Crippen LogP contribution >= 0.6 is 0 Å². The van der Waals surface area contributed by atoms with Crippen molar-refractivity contribution in [1.29, 1.82) is 0 Å². The van der Waals surface area contributed by atoms with E-state index >= 15 is 0 Å². The summed E-state index contributed by atoms with van der Waals surface area (Å²) in [6.45, 7) is 6.25. The number of aryl methyl sites for hydroxylation is 1. The van der Waals surface area contributed by atoms with Gasteiger partial charge in [-0.3, -0.25) is 14.7 Å². The highest BCUT2D eigenvalue weighted by molar-refractivity contribution is 5.98. The predicted molar refractivity (Wildman–Crippen MR) is 98.5 cm³/mol. The first-order valence-electron chi connectivity index (χ1n) is 8.69. The third-order valence-corrected chi connectivity index (χ3v) is 4.80. The summed E-state index contributed by atoms with van der Waals surface area (Å²) in [6, 6.07) is 12.2. The second-order valence-corrected chi connectivity index (χ2v) is 6.70. The third-order valence-electron chi connectivity index (χ3n) is 4.80. The number of amides is 1.